The Kier molecular flexibility index (Phi) is 3.23. The third-order valence-electron chi connectivity index (χ3n) is 2.78. The van der Waals surface area contributed by atoms with Gasteiger partial charge in [-0.05, 0) is 18.6 Å². The van der Waals surface area contributed by atoms with E-state index in [-0.39, 0.29) is 0 Å². The van der Waals surface area contributed by atoms with Gasteiger partial charge in [0.05, 0.1) is 5.69 Å². The molecule has 0 N–H and O–H groups in total. The van der Waals surface area contributed by atoms with Crippen LogP contribution < -0.4 is 0 Å². The second-order valence-electron chi connectivity index (χ2n) is 3.97. The van der Waals surface area contributed by atoms with Gasteiger partial charge in [0.25, 0.3) is 0 Å². The van der Waals surface area contributed by atoms with Crippen LogP contribution in [0.3, 0.4) is 0 Å². The van der Waals surface area contributed by atoms with Crippen molar-refractivity contribution in [1.29, 1.82) is 0 Å². The van der Waals surface area contributed by atoms with Gasteiger partial charge in [-0.2, -0.15) is 5.10 Å². The lowest BCUT2D eigenvalue weighted by molar-refractivity contribution is 0.111. The van der Waals surface area contributed by atoms with E-state index < -0.39 is 11.6 Å². The Labute approximate surface area is 103 Å². The number of rotatable bonds is 3. The van der Waals surface area contributed by atoms with Crippen LogP contribution in [-0.2, 0) is 13.5 Å². The topological polar surface area (TPSA) is 34.9 Å². The zero-order chi connectivity index (χ0) is 13.3. The zero-order valence-electron chi connectivity index (χ0n) is 10.1. The third kappa shape index (κ3) is 2.03. The monoisotopic (exact) mass is 250 g/mol. The fraction of sp³-hybridized carbons (Fsp3) is 0.231. The van der Waals surface area contributed by atoms with Crippen molar-refractivity contribution in [1.82, 2.24) is 9.78 Å². The first kappa shape index (κ1) is 12.4. The van der Waals surface area contributed by atoms with Crippen molar-refractivity contribution >= 4 is 6.29 Å². The summed E-state index contributed by atoms with van der Waals surface area (Å²) >= 11 is 0. The molecule has 2 aromatic rings. The van der Waals surface area contributed by atoms with Crippen LogP contribution >= 0.6 is 0 Å². The summed E-state index contributed by atoms with van der Waals surface area (Å²) in [6.07, 6.45) is 1.22. The van der Waals surface area contributed by atoms with E-state index in [2.05, 4.69) is 5.10 Å². The fourth-order valence-electron chi connectivity index (χ4n) is 2.08. The maximum Gasteiger partial charge on any atom is 0.170 e. The molecule has 0 aliphatic heterocycles. The van der Waals surface area contributed by atoms with Gasteiger partial charge in [-0.15, -0.1) is 0 Å². The van der Waals surface area contributed by atoms with Crippen molar-refractivity contribution in [2.75, 3.05) is 0 Å². The average molecular weight is 250 g/mol. The van der Waals surface area contributed by atoms with Crippen molar-refractivity contribution < 1.29 is 13.6 Å². The van der Waals surface area contributed by atoms with E-state index in [0.717, 1.165) is 6.07 Å². The molecule has 0 amide bonds. The molecule has 0 bridgehead atoms. The maximum absolute atomic E-state index is 13.2. The Morgan fingerprint density at radius 2 is 1.89 bits per heavy atom. The first-order valence-corrected chi connectivity index (χ1v) is 5.54. The molecular formula is C13H12F2N2O. The highest BCUT2D eigenvalue weighted by Gasteiger charge is 2.16. The third-order valence-corrected chi connectivity index (χ3v) is 2.78. The van der Waals surface area contributed by atoms with E-state index in [1.807, 2.05) is 6.92 Å². The Morgan fingerprint density at radius 3 is 2.39 bits per heavy atom. The second-order valence-corrected chi connectivity index (χ2v) is 3.97. The first-order valence-electron chi connectivity index (χ1n) is 5.54. The highest BCUT2D eigenvalue weighted by Crippen LogP contribution is 2.27. The van der Waals surface area contributed by atoms with Crippen LogP contribution in [0, 0.1) is 11.6 Å². The van der Waals surface area contributed by atoms with E-state index in [0.29, 0.717) is 35.2 Å². The molecule has 0 aliphatic carbocycles. The number of aromatic nitrogens is 2. The number of carbonyl (C=O) groups excluding carboxylic acids is 1. The molecule has 0 saturated heterocycles. The molecule has 0 unspecified atom stereocenters. The quantitative estimate of drug-likeness (QED) is 0.785. The summed E-state index contributed by atoms with van der Waals surface area (Å²) in [7, 11) is 1.64. The van der Waals surface area contributed by atoms with Crippen LogP contribution in [0.5, 0.6) is 0 Å². The number of hydrogen-bond acceptors (Lipinski definition) is 2. The van der Waals surface area contributed by atoms with Crippen molar-refractivity contribution in [3.8, 4) is 11.3 Å². The van der Waals surface area contributed by atoms with Crippen molar-refractivity contribution in [2.24, 2.45) is 7.05 Å². The second kappa shape index (κ2) is 4.68. The molecule has 0 aliphatic rings. The molecule has 1 heterocycles. The predicted molar refractivity (Wildman–Crippen MR) is 63.3 cm³/mol. The fourth-order valence-corrected chi connectivity index (χ4v) is 2.08. The standard InChI is InChI=1S/C13H12F2N2O/c1-3-11-12(7-18)16-17(2)13(11)8-4-9(14)6-10(15)5-8/h4-7H,3H2,1-2H3. The lowest BCUT2D eigenvalue weighted by atomic mass is 10.0. The van der Waals surface area contributed by atoms with Gasteiger partial charge in [0.15, 0.2) is 6.29 Å². The number of halogens is 2. The molecule has 0 radical (unpaired) electrons. The Morgan fingerprint density at radius 1 is 1.28 bits per heavy atom. The van der Waals surface area contributed by atoms with E-state index >= 15 is 0 Å². The summed E-state index contributed by atoms with van der Waals surface area (Å²) in [6.45, 7) is 1.86. The highest BCUT2D eigenvalue weighted by molar-refractivity contribution is 5.79. The highest BCUT2D eigenvalue weighted by atomic mass is 19.1. The molecule has 5 heteroatoms. The van der Waals surface area contributed by atoms with Gasteiger partial charge in [0.2, 0.25) is 0 Å². The molecule has 2 rings (SSSR count). The minimum atomic E-state index is -0.652. The van der Waals surface area contributed by atoms with Crippen molar-refractivity contribution in [3.05, 3.63) is 41.1 Å². The van der Waals surface area contributed by atoms with Crippen LogP contribution in [0.25, 0.3) is 11.3 Å². The average Bonchev–Trinajstić information content (AvgIpc) is 2.63. The number of nitrogens with zero attached hydrogens (tertiary/aromatic N) is 2. The largest absolute Gasteiger partial charge is 0.296 e. The van der Waals surface area contributed by atoms with E-state index in [9.17, 15) is 13.6 Å². The lowest BCUT2D eigenvalue weighted by Gasteiger charge is -2.05. The smallest absolute Gasteiger partial charge is 0.170 e. The van der Waals surface area contributed by atoms with Gasteiger partial charge in [-0.3, -0.25) is 9.48 Å². The Balaban J connectivity index is 2.69. The summed E-state index contributed by atoms with van der Waals surface area (Å²) in [5, 5.41) is 4.04. The minimum Gasteiger partial charge on any atom is -0.296 e. The molecule has 0 saturated carbocycles. The van der Waals surface area contributed by atoms with Gasteiger partial charge in [0.1, 0.15) is 17.3 Å². The molecule has 3 nitrogen and oxygen atoms in total. The summed E-state index contributed by atoms with van der Waals surface area (Å²) in [5.41, 5.74) is 1.95. The van der Waals surface area contributed by atoms with Crippen molar-refractivity contribution in [3.63, 3.8) is 0 Å². The van der Waals surface area contributed by atoms with Gasteiger partial charge in [-0.1, -0.05) is 6.92 Å². The summed E-state index contributed by atoms with van der Waals surface area (Å²) in [6, 6.07) is 3.27. The minimum absolute atomic E-state index is 0.305. The van der Waals surface area contributed by atoms with Crippen LogP contribution in [0.2, 0.25) is 0 Å². The number of carbonyl (C=O) groups is 1. The van der Waals surface area contributed by atoms with Gasteiger partial charge in [0, 0.05) is 24.2 Å². The zero-order valence-corrected chi connectivity index (χ0v) is 10.1. The van der Waals surface area contributed by atoms with Gasteiger partial charge < -0.3 is 0 Å². The number of hydrogen-bond donors (Lipinski definition) is 0. The Hall–Kier alpha value is -2.04. The van der Waals surface area contributed by atoms with Crippen LogP contribution in [0.15, 0.2) is 18.2 Å². The molecule has 1 aromatic heterocycles. The molecule has 0 spiro atoms. The Bertz CT molecular complexity index is 585. The normalized spacial score (nSPS) is 10.7. The first-order chi connectivity index (χ1) is 8.56. The summed E-state index contributed by atoms with van der Waals surface area (Å²) < 4.78 is 27.9. The summed E-state index contributed by atoms with van der Waals surface area (Å²) in [4.78, 5) is 10.9. The van der Waals surface area contributed by atoms with E-state index in [4.69, 9.17) is 0 Å². The van der Waals surface area contributed by atoms with Crippen LogP contribution in [0.4, 0.5) is 8.78 Å². The molecule has 18 heavy (non-hydrogen) atoms. The van der Waals surface area contributed by atoms with Crippen LogP contribution in [0.1, 0.15) is 23.0 Å². The van der Waals surface area contributed by atoms with Crippen LogP contribution in [-0.4, -0.2) is 16.1 Å². The molecule has 0 fully saturated rings. The van der Waals surface area contributed by atoms with E-state index in [1.54, 1.807) is 7.05 Å². The molecule has 1 aromatic carbocycles. The number of aryl methyl sites for hydroxylation is 1. The predicted octanol–water partition coefficient (Wildman–Crippen LogP) is 2.74. The van der Waals surface area contributed by atoms with Gasteiger partial charge in [-0.25, -0.2) is 8.78 Å². The van der Waals surface area contributed by atoms with Crippen molar-refractivity contribution in [2.45, 2.75) is 13.3 Å². The molecular weight excluding hydrogens is 238 g/mol. The van der Waals surface area contributed by atoms with Gasteiger partial charge >= 0.3 is 0 Å². The molecule has 0 atom stereocenters. The SMILES string of the molecule is CCc1c(C=O)nn(C)c1-c1cc(F)cc(F)c1. The number of benzene rings is 1. The maximum atomic E-state index is 13.2. The summed E-state index contributed by atoms with van der Waals surface area (Å²) in [5.74, 6) is -1.30. The number of aldehydes is 1. The molecule has 94 valence electrons. The lowest BCUT2D eigenvalue weighted by Crippen LogP contribution is -1.96. The van der Waals surface area contributed by atoms with E-state index in [1.165, 1.54) is 16.8 Å².